The van der Waals surface area contributed by atoms with Crippen LogP contribution < -0.4 is 15.0 Å². The van der Waals surface area contributed by atoms with Gasteiger partial charge in [-0.25, -0.2) is 9.69 Å². The van der Waals surface area contributed by atoms with Crippen molar-refractivity contribution in [2.24, 2.45) is 0 Å². The molecule has 0 spiro atoms. The minimum atomic E-state index is -0.784. The molecule has 5 rings (SSSR count). The number of anilines is 1. The van der Waals surface area contributed by atoms with Crippen LogP contribution in [-0.4, -0.2) is 17.8 Å². The molecule has 0 unspecified atom stereocenters. The van der Waals surface area contributed by atoms with Gasteiger partial charge in [0.2, 0.25) is 0 Å². The van der Waals surface area contributed by atoms with E-state index < -0.39 is 17.8 Å². The van der Waals surface area contributed by atoms with E-state index >= 15 is 0 Å². The van der Waals surface area contributed by atoms with Crippen molar-refractivity contribution in [3.63, 3.8) is 0 Å². The van der Waals surface area contributed by atoms with Crippen LogP contribution in [0.5, 0.6) is 5.75 Å². The zero-order chi connectivity index (χ0) is 25.2. The second kappa shape index (κ2) is 9.68. The van der Waals surface area contributed by atoms with E-state index in [1.165, 1.54) is 6.08 Å². The lowest BCUT2D eigenvalue weighted by Crippen LogP contribution is -2.54. The molecule has 4 aromatic rings. The topological polar surface area (TPSA) is 75.7 Å². The highest BCUT2D eigenvalue weighted by molar-refractivity contribution is 6.39. The van der Waals surface area contributed by atoms with Gasteiger partial charge in [0, 0.05) is 10.6 Å². The minimum absolute atomic E-state index is 0.162. The van der Waals surface area contributed by atoms with E-state index in [9.17, 15) is 14.4 Å². The number of carbonyl (C=O) groups is 3. The average molecular weight is 497 g/mol. The number of imide groups is 2. The molecule has 36 heavy (non-hydrogen) atoms. The lowest BCUT2D eigenvalue weighted by molar-refractivity contribution is -0.122. The standard InChI is InChI=1S/C29H21ClN2O4/c1-18-6-2-5-9-25(18)32-28(34)24(27(33)31-29(32)35)16-23-22-8-4-3-7-20(22)12-15-26(23)36-17-19-10-13-21(30)14-11-19/h2-16H,17H2,1H3,(H,31,33,35)/b24-16+. The van der Waals surface area contributed by atoms with Crippen LogP contribution in [0.1, 0.15) is 16.7 Å². The monoisotopic (exact) mass is 496 g/mol. The third kappa shape index (κ3) is 4.46. The number of fused-ring (bicyclic) bond motifs is 1. The maximum Gasteiger partial charge on any atom is 0.335 e. The molecule has 1 aliphatic heterocycles. The fourth-order valence-electron chi connectivity index (χ4n) is 4.13. The Hall–Kier alpha value is -4.42. The van der Waals surface area contributed by atoms with E-state index in [2.05, 4.69) is 5.32 Å². The molecule has 0 bridgehead atoms. The van der Waals surface area contributed by atoms with Crippen molar-refractivity contribution in [1.82, 2.24) is 5.32 Å². The Bertz CT molecular complexity index is 1540. The summed E-state index contributed by atoms with van der Waals surface area (Å²) in [7, 11) is 0. The number of benzene rings is 4. The van der Waals surface area contributed by atoms with E-state index in [1.54, 1.807) is 43.3 Å². The molecule has 6 nitrogen and oxygen atoms in total. The van der Waals surface area contributed by atoms with Crippen molar-refractivity contribution >= 4 is 52.0 Å². The molecule has 7 heteroatoms. The van der Waals surface area contributed by atoms with Gasteiger partial charge in [-0.1, -0.05) is 72.3 Å². The summed E-state index contributed by atoms with van der Waals surface area (Å²) < 4.78 is 6.12. The number of amides is 4. The SMILES string of the molecule is Cc1ccccc1N1C(=O)NC(=O)/C(=C\c2c(OCc3ccc(Cl)cc3)ccc3ccccc23)C1=O. The first-order chi connectivity index (χ1) is 17.4. The van der Waals surface area contributed by atoms with E-state index in [4.69, 9.17) is 16.3 Å². The lowest BCUT2D eigenvalue weighted by Gasteiger charge is -2.27. The third-order valence-electron chi connectivity index (χ3n) is 5.98. The summed E-state index contributed by atoms with van der Waals surface area (Å²) in [5.41, 5.74) is 2.46. The van der Waals surface area contributed by atoms with Gasteiger partial charge in [-0.15, -0.1) is 0 Å². The first kappa shape index (κ1) is 23.3. The van der Waals surface area contributed by atoms with Crippen molar-refractivity contribution in [2.45, 2.75) is 13.5 Å². The highest BCUT2D eigenvalue weighted by atomic mass is 35.5. The Kier molecular flexibility index (Phi) is 6.27. The number of urea groups is 1. The molecule has 1 N–H and O–H groups in total. The molecule has 0 aromatic heterocycles. The number of para-hydroxylation sites is 1. The van der Waals surface area contributed by atoms with Crippen LogP contribution in [-0.2, 0) is 16.2 Å². The number of hydrogen-bond donors (Lipinski definition) is 1. The van der Waals surface area contributed by atoms with Gasteiger partial charge >= 0.3 is 6.03 Å². The fraction of sp³-hybridized carbons (Fsp3) is 0.0690. The Morgan fingerprint density at radius 2 is 1.61 bits per heavy atom. The number of aryl methyl sites for hydroxylation is 1. The molecule has 0 saturated carbocycles. The molecule has 1 fully saturated rings. The minimum Gasteiger partial charge on any atom is -0.488 e. The Morgan fingerprint density at radius 1 is 0.889 bits per heavy atom. The predicted molar refractivity (Wildman–Crippen MR) is 140 cm³/mol. The van der Waals surface area contributed by atoms with Gasteiger partial charge in [-0.2, -0.15) is 0 Å². The molecule has 4 aromatic carbocycles. The van der Waals surface area contributed by atoms with Gasteiger partial charge in [0.25, 0.3) is 11.8 Å². The van der Waals surface area contributed by atoms with Crippen molar-refractivity contribution < 1.29 is 19.1 Å². The van der Waals surface area contributed by atoms with Crippen molar-refractivity contribution in [3.05, 3.63) is 112 Å². The number of nitrogens with zero attached hydrogens (tertiary/aromatic N) is 1. The zero-order valence-electron chi connectivity index (χ0n) is 19.3. The number of hydrogen-bond acceptors (Lipinski definition) is 4. The number of carbonyl (C=O) groups excluding carboxylic acids is 3. The first-order valence-electron chi connectivity index (χ1n) is 11.3. The molecule has 178 valence electrons. The van der Waals surface area contributed by atoms with Gasteiger partial charge in [-0.3, -0.25) is 14.9 Å². The normalized spacial score (nSPS) is 14.9. The maximum absolute atomic E-state index is 13.5. The van der Waals surface area contributed by atoms with Crippen LogP contribution in [0.3, 0.4) is 0 Å². The van der Waals surface area contributed by atoms with E-state index in [0.29, 0.717) is 22.0 Å². The van der Waals surface area contributed by atoms with Gasteiger partial charge in [-0.05, 0) is 59.2 Å². The third-order valence-corrected chi connectivity index (χ3v) is 6.24. The van der Waals surface area contributed by atoms with Crippen LogP contribution in [0.15, 0.2) is 90.5 Å². The summed E-state index contributed by atoms with van der Waals surface area (Å²) in [5.74, 6) is -0.961. The average Bonchev–Trinajstić information content (AvgIpc) is 2.87. The van der Waals surface area contributed by atoms with E-state index in [1.807, 2.05) is 48.5 Å². The highest BCUT2D eigenvalue weighted by Crippen LogP contribution is 2.33. The summed E-state index contributed by atoms with van der Waals surface area (Å²) in [6, 6.07) is 24.9. The smallest absolute Gasteiger partial charge is 0.335 e. The summed E-state index contributed by atoms with van der Waals surface area (Å²) >= 11 is 5.98. The number of nitrogens with one attached hydrogen (secondary N) is 1. The summed E-state index contributed by atoms with van der Waals surface area (Å²) in [5, 5.41) is 4.64. The molecule has 0 radical (unpaired) electrons. The first-order valence-corrected chi connectivity index (χ1v) is 11.7. The van der Waals surface area contributed by atoms with Gasteiger partial charge in [0.1, 0.15) is 17.9 Å². The molecule has 1 heterocycles. The molecule has 4 amide bonds. The Balaban J connectivity index is 1.59. The molecule has 1 aliphatic rings. The van der Waals surface area contributed by atoms with Crippen molar-refractivity contribution in [1.29, 1.82) is 0 Å². The summed E-state index contributed by atoms with van der Waals surface area (Å²) in [4.78, 5) is 40.0. The lowest BCUT2D eigenvalue weighted by atomic mass is 9.99. The van der Waals surface area contributed by atoms with Gasteiger partial charge in [0.05, 0.1) is 5.69 Å². The van der Waals surface area contributed by atoms with Crippen LogP contribution >= 0.6 is 11.6 Å². The second-order valence-electron chi connectivity index (χ2n) is 8.36. The molecular formula is C29H21ClN2O4. The second-order valence-corrected chi connectivity index (χ2v) is 8.79. The number of ether oxygens (including phenoxy) is 1. The van der Waals surface area contributed by atoms with Crippen molar-refractivity contribution in [2.75, 3.05) is 4.90 Å². The number of rotatable bonds is 5. The van der Waals surface area contributed by atoms with Gasteiger partial charge in [0.15, 0.2) is 0 Å². The molecule has 0 aliphatic carbocycles. The number of halogens is 1. The van der Waals surface area contributed by atoms with Crippen molar-refractivity contribution in [3.8, 4) is 5.75 Å². The zero-order valence-corrected chi connectivity index (χ0v) is 20.1. The Labute approximate surface area is 212 Å². The predicted octanol–water partition coefficient (Wildman–Crippen LogP) is 6.05. The van der Waals surface area contributed by atoms with Crippen LogP contribution in [0.2, 0.25) is 5.02 Å². The van der Waals surface area contributed by atoms with Gasteiger partial charge < -0.3 is 4.74 Å². The largest absolute Gasteiger partial charge is 0.488 e. The Morgan fingerprint density at radius 3 is 2.39 bits per heavy atom. The molecule has 1 saturated heterocycles. The quantitative estimate of drug-likeness (QED) is 0.270. The summed E-state index contributed by atoms with van der Waals surface area (Å²) in [6.45, 7) is 2.06. The molecule has 0 atom stereocenters. The fourth-order valence-corrected chi connectivity index (χ4v) is 4.25. The van der Waals surface area contributed by atoms with E-state index in [-0.39, 0.29) is 12.2 Å². The van der Waals surface area contributed by atoms with Crippen LogP contribution in [0.25, 0.3) is 16.8 Å². The number of barbiturate groups is 1. The highest BCUT2D eigenvalue weighted by Gasteiger charge is 2.37. The summed E-state index contributed by atoms with van der Waals surface area (Å²) in [6.07, 6.45) is 1.49. The van der Waals surface area contributed by atoms with Crippen LogP contribution in [0, 0.1) is 6.92 Å². The van der Waals surface area contributed by atoms with E-state index in [0.717, 1.165) is 26.8 Å². The van der Waals surface area contributed by atoms with Crippen LogP contribution in [0.4, 0.5) is 10.5 Å². The molecular weight excluding hydrogens is 476 g/mol. The maximum atomic E-state index is 13.5.